The van der Waals surface area contributed by atoms with Crippen molar-refractivity contribution >= 4 is 11.9 Å². The Bertz CT molecular complexity index is 975. The van der Waals surface area contributed by atoms with Crippen molar-refractivity contribution in [2.75, 3.05) is 13.1 Å². The Balaban J connectivity index is 1.39. The van der Waals surface area contributed by atoms with E-state index in [2.05, 4.69) is 22.2 Å². The zero-order valence-electron chi connectivity index (χ0n) is 18.0. The number of nitrogens with zero attached hydrogens (tertiary/aromatic N) is 4. The summed E-state index contributed by atoms with van der Waals surface area (Å²) in [6.45, 7) is 1.61. The first kappa shape index (κ1) is 21.9. The van der Waals surface area contributed by atoms with Gasteiger partial charge in [0.05, 0.1) is 12.0 Å². The average Bonchev–Trinajstić information content (AvgIpc) is 3.34. The smallest absolute Gasteiger partial charge is 0.309 e. The van der Waals surface area contributed by atoms with Crippen LogP contribution in [0.4, 0.5) is 0 Å². The maximum absolute atomic E-state index is 13.3. The maximum Gasteiger partial charge on any atom is 0.309 e. The summed E-state index contributed by atoms with van der Waals surface area (Å²) in [5, 5.41) is 3.84. The Labute approximate surface area is 188 Å². The second-order valence-corrected chi connectivity index (χ2v) is 8.66. The Hall–Kier alpha value is -3.31. The van der Waals surface area contributed by atoms with Crippen molar-refractivity contribution < 1.29 is 14.3 Å². The molecule has 1 heterocycles. The van der Waals surface area contributed by atoms with Crippen molar-refractivity contribution in [2.45, 2.75) is 44.2 Å². The van der Waals surface area contributed by atoms with Crippen LogP contribution in [0.15, 0.2) is 65.8 Å². The van der Waals surface area contributed by atoms with Gasteiger partial charge in [-0.05, 0) is 42.3 Å². The molecule has 1 saturated heterocycles. The highest BCUT2D eigenvalue weighted by Crippen LogP contribution is 2.36. The molecular formula is C25H28N4O3. The van der Waals surface area contributed by atoms with Crippen LogP contribution >= 0.6 is 0 Å². The van der Waals surface area contributed by atoms with Gasteiger partial charge in [0, 0.05) is 29.8 Å². The van der Waals surface area contributed by atoms with E-state index in [0.29, 0.717) is 31.7 Å². The number of amides is 1. The number of azide groups is 1. The number of likely N-dealkylation sites (tertiary alicyclic amines) is 1. The predicted octanol–water partition coefficient (Wildman–Crippen LogP) is 4.84. The monoisotopic (exact) mass is 432 g/mol. The molecule has 0 bridgehead atoms. The van der Waals surface area contributed by atoms with Crippen LogP contribution in [-0.4, -0.2) is 35.9 Å². The van der Waals surface area contributed by atoms with Crippen LogP contribution in [-0.2, 0) is 20.9 Å². The molecule has 4 atom stereocenters. The number of hydrogen-bond donors (Lipinski definition) is 0. The zero-order chi connectivity index (χ0) is 22.3. The molecule has 0 unspecified atom stereocenters. The molecule has 32 heavy (non-hydrogen) atoms. The lowest BCUT2D eigenvalue weighted by Gasteiger charge is -2.33. The number of benzene rings is 2. The first-order valence-corrected chi connectivity index (χ1v) is 11.2. The van der Waals surface area contributed by atoms with Gasteiger partial charge >= 0.3 is 5.97 Å². The Kier molecular flexibility index (Phi) is 7.07. The molecule has 1 aliphatic carbocycles. The second kappa shape index (κ2) is 10.3. The number of ether oxygens (including phenoxy) is 1. The zero-order valence-corrected chi connectivity index (χ0v) is 18.0. The lowest BCUT2D eigenvalue weighted by Crippen LogP contribution is -2.42. The molecule has 4 rings (SSSR count). The summed E-state index contributed by atoms with van der Waals surface area (Å²) < 4.78 is 5.53. The highest BCUT2D eigenvalue weighted by atomic mass is 16.5. The van der Waals surface area contributed by atoms with Gasteiger partial charge in [0.15, 0.2) is 0 Å². The van der Waals surface area contributed by atoms with Crippen molar-refractivity contribution in [3.05, 3.63) is 82.2 Å². The summed E-state index contributed by atoms with van der Waals surface area (Å²) in [5.41, 5.74) is 11.1. The van der Waals surface area contributed by atoms with Gasteiger partial charge in [0.1, 0.15) is 6.61 Å². The Morgan fingerprint density at radius 3 is 2.47 bits per heavy atom. The van der Waals surface area contributed by atoms with Gasteiger partial charge in [0.2, 0.25) is 5.91 Å². The second-order valence-electron chi connectivity index (χ2n) is 8.66. The van der Waals surface area contributed by atoms with E-state index >= 15 is 0 Å². The van der Waals surface area contributed by atoms with Gasteiger partial charge < -0.3 is 9.64 Å². The van der Waals surface area contributed by atoms with E-state index < -0.39 is 17.9 Å². The van der Waals surface area contributed by atoms with Crippen molar-refractivity contribution in [2.24, 2.45) is 17.0 Å². The lowest BCUT2D eigenvalue weighted by atomic mass is 9.77. The van der Waals surface area contributed by atoms with E-state index in [4.69, 9.17) is 10.3 Å². The van der Waals surface area contributed by atoms with Gasteiger partial charge in [-0.25, -0.2) is 0 Å². The fourth-order valence-electron chi connectivity index (χ4n) is 4.89. The third kappa shape index (κ3) is 5.11. The first-order chi connectivity index (χ1) is 15.7. The van der Waals surface area contributed by atoms with Crippen LogP contribution < -0.4 is 0 Å². The van der Waals surface area contributed by atoms with E-state index in [1.807, 2.05) is 53.4 Å². The molecule has 166 valence electrons. The third-order valence-electron chi connectivity index (χ3n) is 6.66. The van der Waals surface area contributed by atoms with E-state index in [1.54, 1.807) is 0 Å². The number of carbonyl (C=O) groups is 2. The highest BCUT2D eigenvalue weighted by Gasteiger charge is 2.41. The molecule has 2 aromatic carbocycles. The van der Waals surface area contributed by atoms with Crippen molar-refractivity contribution in [3.8, 4) is 0 Å². The summed E-state index contributed by atoms with van der Waals surface area (Å²) in [6.07, 6.45) is 2.45. The third-order valence-corrected chi connectivity index (χ3v) is 6.66. The molecular weight excluding hydrogens is 404 g/mol. The van der Waals surface area contributed by atoms with Gasteiger partial charge in [-0.15, -0.1) is 0 Å². The number of rotatable bonds is 6. The van der Waals surface area contributed by atoms with Crippen molar-refractivity contribution in [1.82, 2.24) is 4.90 Å². The standard InChI is InChI=1S/C25H28N4O3/c26-28-27-23-12-11-20(15-22(23)25(31)32-17-18-7-3-1-4-8-18)24(30)29-14-13-21(16-29)19-9-5-2-6-10-19/h1-10,20-23H,11-17H2/t20-,21+,22+,23+/m1/s1. The minimum atomic E-state index is -0.593. The van der Waals surface area contributed by atoms with E-state index in [9.17, 15) is 9.59 Å². The highest BCUT2D eigenvalue weighted by molar-refractivity contribution is 5.81. The van der Waals surface area contributed by atoms with Crippen LogP contribution in [0.2, 0.25) is 0 Å². The molecule has 0 aromatic heterocycles. The average molecular weight is 433 g/mol. The topological polar surface area (TPSA) is 95.4 Å². The molecule has 0 spiro atoms. The summed E-state index contributed by atoms with van der Waals surface area (Å²) in [6, 6.07) is 19.3. The van der Waals surface area contributed by atoms with Gasteiger partial charge in [-0.1, -0.05) is 65.8 Å². The number of esters is 1. The Morgan fingerprint density at radius 2 is 1.75 bits per heavy atom. The van der Waals surface area contributed by atoms with Crippen LogP contribution in [0.25, 0.3) is 10.4 Å². The summed E-state index contributed by atoms with van der Waals surface area (Å²) in [5.74, 6) is -0.781. The molecule has 2 fully saturated rings. The van der Waals surface area contributed by atoms with Crippen LogP contribution in [0.3, 0.4) is 0 Å². The molecule has 7 heteroatoms. The molecule has 0 radical (unpaired) electrons. The molecule has 1 aliphatic heterocycles. The summed E-state index contributed by atoms with van der Waals surface area (Å²) in [4.78, 5) is 31.0. The minimum absolute atomic E-state index is 0.101. The molecule has 2 aromatic rings. The fraction of sp³-hybridized carbons (Fsp3) is 0.440. The Morgan fingerprint density at radius 1 is 1.03 bits per heavy atom. The lowest BCUT2D eigenvalue weighted by molar-refractivity contribution is -0.153. The van der Waals surface area contributed by atoms with Gasteiger partial charge in [-0.3, -0.25) is 9.59 Å². The fourth-order valence-corrected chi connectivity index (χ4v) is 4.89. The van der Waals surface area contributed by atoms with E-state index in [-0.39, 0.29) is 18.4 Å². The van der Waals surface area contributed by atoms with Crippen LogP contribution in [0, 0.1) is 11.8 Å². The van der Waals surface area contributed by atoms with Gasteiger partial charge in [-0.2, -0.15) is 0 Å². The van der Waals surface area contributed by atoms with E-state index in [1.165, 1.54) is 5.56 Å². The SMILES string of the molecule is [N-]=[N+]=N[C@H]1CC[C@@H](C(=O)N2CC[C@H](c3ccccc3)C2)C[C@@H]1C(=O)OCc1ccccc1. The quantitative estimate of drug-likeness (QED) is 0.283. The minimum Gasteiger partial charge on any atom is -0.461 e. The molecule has 0 N–H and O–H groups in total. The first-order valence-electron chi connectivity index (χ1n) is 11.2. The number of carbonyl (C=O) groups excluding carboxylic acids is 2. The molecule has 1 saturated carbocycles. The van der Waals surface area contributed by atoms with Crippen molar-refractivity contribution in [3.63, 3.8) is 0 Å². The normalized spacial score (nSPS) is 25.1. The summed E-state index contributed by atoms with van der Waals surface area (Å²) >= 11 is 0. The molecule has 7 nitrogen and oxygen atoms in total. The van der Waals surface area contributed by atoms with Crippen molar-refractivity contribution in [1.29, 1.82) is 0 Å². The van der Waals surface area contributed by atoms with Gasteiger partial charge in [0.25, 0.3) is 0 Å². The van der Waals surface area contributed by atoms with Crippen LogP contribution in [0.5, 0.6) is 0 Å². The van der Waals surface area contributed by atoms with E-state index in [0.717, 1.165) is 18.5 Å². The molecule has 2 aliphatic rings. The molecule has 1 amide bonds. The van der Waals surface area contributed by atoms with Crippen LogP contribution in [0.1, 0.15) is 42.7 Å². The maximum atomic E-state index is 13.3. The largest absolute Gasteiger partial charge is 0.461 e. The number of hydrogen-bond acceptors (Lipinski definition) is 4. The summed E-state index contributed by atoms with van der Waals surface area (Å²) in [7, 11) is 0. The predicted molar refractivity (Wildman–Crippen MR) is 120 cm³/mol.